The lowest BCUT2D eigenvalue weighted by Crippen LogP contribution is -2.38. The lowest BCUT2D eigenvalue weighted by Gasteiger charge is -2.39. The van der Waals surface area contributed by atoms with Crippen molar-refractivity contribution < 1.29 is 9.72 Å². The number of nitro groups is 1. The average Bonchev–Trinajstić information content (AvgIpc) is 3.13. The molecule has 1 atom stereocenters. The molecular formula is C20H14BrClN4O3S. The van der Waals surface area contributed by atoms with E-state index in [0.29, 0.717) is 30.5 Å². The zero-order chi connectivity index (χ0) is 21.6. The zero-order valence-corrected chi connectivity index (χ0v) is 18.6. The topological polar surface area (TPSA) is 113 Å². The highest BCUT2D eigenvalue weighted by Gasteiger charge is 2.42. The minimum absolute atomic E-state index is 0.0763. The smallest absolute Gasteiger partial charge is 0.294 e. The summed E-state index contributed by atoms with van der Waals surface area (Å²) in [6, 6.07) is 10.1. The monoisotopic (exact) mass is 504 g/mol. The molecule has 2 aliphatic rings. The highest BCUT2D eigenvalue weighted by Crippen LogP contribution is 2.49. The van der Waals surface area contributed by atoms with Gasteiger partial charge in [-0.3, -0.25) is 19.8 Å². The normalized spacial score (nSPS) is 19.0. The van der Waals surface area contributed by atoms with Gasteiger partial charge in [-0.15, -0.1) is 11.3 Å². The van der Waals surface area contributed by atoms with Gasteiger partial charge in [0.2, 0.25) is 0 Å². The number of allylic oxidation sites excluding steroid dienone is 3. The number of nitrogens with two attached hydrogens (primary N) is 1. The molecule has 1 aromatic heterocycles. The van der Waals surface area contributed by atoms with Crippen LogP contribution in [0.1, 0.15) is 30.1 Å². The number of nitriles is 1. The summed E-state index contributed by atoms with van der Waals surface area (Å²) in [7, 11) is 0. The number of ketones is 1. The summed E-state index contributed by atoms with van der Waals surface area (Å²) in [5.74, 6) is -0.574. The highest BCUT2D eigenvalue weighted by atomic mass is 79.9. The molecule has 2 N–H and O–H groups in total. The molecule has 152 valence electrons. The molecule has 0 bridgehead atoms. The summed E-state index contributed by atoms with van der Waals surface area (Å²) in [6.45, 7) is 0. The van der Waals surface area contributed by atoms with Gasteiger partial charge in [-0.1, -0.05) is 11.6 Å². The molecule has 1 aromatic carbocycles. The van der Waals surface area contributed by atoms with Crippen LogP contribution >= 0.6 is 38.9 Å². The van der Waals surface area contributed by atoms with Gasteiger partial charge in [0.25, 0.3) is 5.69 Å². The van der Waals surface area contributed by atoms with Gasteiger partial charge in [0, 0.05) is 33.7 Å². The van der Waals surface area contributed by atoms with Gasteiger partial charge in [-0.2, -0.15) is 5.26 Å². The van der Waals surface area contributed by atoms with E-state index in [0.717, 1.165) is 8.66 Å². The van der Waals surface area contributed by atoms with Crippen LogP contribution in [0, 0.1) is 21.4 Å². The molecule has 4 rings (SSSR count). The number of carbonyl (C=O) groups excluding carboxylic acids is 1. The van der Waals surface area contributed by atoms with Crippen LogP contribution in [0.15, 0.2) is 56.8 Å². The van der Waals surface area contributed by atoms with Crippen LogP contribution in [-0.2, 0) is 4.79 Å². The van der Waals surface area contributed by atoms with Gasteiger partial charge in [0.15, 0.2) is 5.78 Å². The zero-order valence-electron chi connectivity index (χ0n) is 15.4. The third kappa shape index (κ3) is 3.31. The molecule has 0 saturated heterocycles. The van der Waals surface area contributed by atoms with Crippen molar-refractivity contribution in [3.63, 3.8) is 0 Å². The number of carbonyl (C=O) groups is 1. The first-order valence-electron chi connectivity index (χ1n) is 8.98. The van der Waals surface area contributed by atoms with Gasteiger partial charge in [-0.05, 0) is 53.0 Å². The minimum atomic E-state index is -0.586. The first-order valence-corrected chi connectivity index (χ1v) is 11.0. The first-order chi connectivity index (χ1) is 14.3. The summed E-state index contributed by atoms with van der Waals surface area (Å²) >= 11 is 10.8. The first kappa shape index (κ1) is 20.6. The molecule has 7 nitrogen and oxygen atoms in total. The van der Waals surface area contributed by atoms with E-state index in [2.05, 4.69) is 22.0 Å². The maximum absolute atomic E-state index is 13.0. The number of rotatable bonds is 3. The molecule has 10 heteroatoms. The Kier molecular flexibility index (Phi) is 5.40. The molecule has 1 unspecified atom stereocenters. The second-order valence-corrected chi connectivity index (χ2v) is 9.78. The predicted molar refractivity (Wildman–Crippen MR) is 118 cm³/mol. The summed E-state index contributed by atoms with van der Waals surface area (Å²) in [5, 5.41) is 21.9. The van der Waals surface area contributed by atoms with Crippen molar-refractivity contribution in [2.45, 2.75) is 25.2 Å². The minimum Gasteiger partial charge on any atom is -0.384 e. The molecule has 1 aliphatic carbocycles. The number of hydrogen-bond acceptors (Lipinski definition) is 7. The summed E-state index contributed by atoms with van der Waals surface area (Å²) in [4.78, 5) is 26.5. The molecule has 0 amide bonds. The Morgan fingerprint density at radius 1 is 1.33 bits per heavy atom. The van der Waals surface area contributed by atoms with E-state index in [9.17, 15) is 20.2 Å². The van der Waals surface area contributed by atoms with E-state index in [1.165, 1.54) is 34.4 Å². The lowest BCUT2D eigenvalue weighted by atomic mass is 9.78. The predicted octanol–water partition coefficient (Wildman–Crippen LogP) is 5.38. The van der Waals surface area contributed by atoms with E-state index in [1.54, 1.807) is 0 Å². The van der Waals surface area contributed by atoms with Crippen LogP contribution in [-0.4, -0.2) is 10.7 Å². The van der Waals surface area contributed by atoms with Crippen molar-refractivity contribution in [2.24, 2.45) is 5.73 Å². The molecule has 0 radical (unpaired) electrons. The van der Waals surface area contributed by atoms with E-state index in [-0.39, 0.29) is 33.6 Å². The van der Waals surface area contributed by atoms with Gasteiger partial charge in [0.1, 0.15) is 11.5 Å². The maximum Gasteiger partial charge on any atom is 0.294 e. The van der Waals surface area contributed by atoms with Crippen molar-refractivity contribution in [1.82, 2.24) is 0 Å². The summed E-state index contributed by atoms with van der Waals surface area (Å²) < 4.78 is 0.870. The Balaban J connectivity index is 2.01. The highest BCUT2D eigenvalue weighted by molar-refractivity contribution is 9.11. The lowest BCUT2D eigenvalue weighted by molar-refractivity contribution is -0.384. The number of nitro benzene ring substituents is 1. The van der Waals surface area contributed by atoms with Gasteiger partial charge < -0.3 is 5.73 Å². The third-order valence-electron chi connectivity index (χ3n) is 5.17. The van der Waals surface area contributed by atoms with Crippen molar-refractivity contribution in [1.29, 1.82) is 5.26 Å². The van der Waals surface area contributed by atoms with Crippen LogP contribution in [0.5, 0.6) is 0 Å². The van der Waals surface area contributed by atoms with Crippen LogP contribution in [0.2, 0.25) is 5.02 Å². The van der Waals surface area contributed by atoms with Crippen LogP contribution in [0.25, 0.3) is 0 Å². The number of thiophene rings is 1. The van der Waals surface area contributed by atoms with E-state index in [4.69, 9.17) is 17.3 Å². The molecule has 1 aliphatic heterocycles. The number of Topliss-reactive ketones (excluding diaryl/α,β-unsaturated/α-hetero) is 1. The Morgan fingerprint density at radius 3 is 2.73 bits per heavy atom. The molecule has 30 heavy (non-hydrogen) atoms. The molecular weight excluding hydrogens is 492 g/mol. The van der Waals surface area contributed by atoms with E-state index >= 15 is 0 Å². The number of nitrogens with zero attached hydrogens (tertiary/aromatic N) is 3. The molecule has 0 saturated carbocycles. The fraction of sp³-hybridized carbons (Fsp3) is 0.200. The Bertz CT molecular complexity index is 1200. The number of benzene rings is 1. The standard InChI is InChI=1S/C20H14BrClN4O3S/c21-17-7-6-16(30-17)18-11(9-23)20(24)25(13-2-1-3-15(27)19(13)18)12-5-4-10(22)8-14(12)26(28)29/h4-8,18H,1-3,24H2. The van der Waals surface area contributed by atoms with Crippen LogP contribution in [0.3, 0.4) is 0 Å². The second-order valence-electron chi connectivity index (χ2n) is 6.85. The fourth-order valence-corrected chi connectivity index (χ4v) is 5.67. The second kappa shape index (κ2) is 7.87. The molecule has 2 aromatic rings. The van der Waals surface area contributed by atoms with Crippen molar-refractivity contribution in [2.75, 3.05) is 4.90 Å². The molecule has 2 heterocycles. The van der Waals surface area contributed by atoms with Crippen molar-refractivity contribution in [3.8, 4) is 6.07 Å². The van der Waals surface area contributed by atoms with Gasteiger partial charge >= 0.3 is 0 Å². The largest absolute Gasteiger partial charge is 0.384 e. The Morgan fingerprint density at radius 2 is 2.10 bits per heavy atom. The maximum atomic E-state index is 13.0. The Labute approximate surface area is 189 Å². The number of hydrogen-bond donors (Lipinski definition) is 1. The molecule has 0 fully saturated rings. The Hall–Kier alpha value is -2.67. The average molecular weight is 506 g/mol. The SMILES string of the molecule is N#CC1=C(N)N(c2ccc(Cl)cc2[N+](=O)[O-])C2=C(C(=O)CCC2)C1c1ccc(Br)s1. The number of anilines is 1. The van der Waals surface area contributed by atoms with Gasteiger partial charge in [0.05, 0.1) is 26.3 Å². The van der Waals surface area contributed by atoms with E-state index in [1.807, 2.05) is 12.1 Å². The van der Waals surface area contributed by atoms with Crippen LogP contribution in [0.4, 0.5) is 11.4 Å². The third-order valence-corrected chi connectivity index (χ3v) is 7.09. The quantitative estimate of drug-likeness (QED) is 0.443. The summed E-state index contributed by atoms with van der Waals surface area (Å²) in [5.41, 5.74) is 7.65. The molecule has 0 spiro atoms. The fourth-order valence-electron chi connectivity index (χ4n) is 3.96. The number of halogens is 2. The van der Waals surface area contributed by atoms with Crippen molar-refractivity contribution in [3.05, 3.63) is 76.8 Å². The van der Waals surface area contributed by atoms with Crippen LogP contribution < -0.4 is 10.6 Å². The van der Waals surface area contributed by atoms with Gasteiger partial charge in [-0.25, -0.2) is 0 Å². The van der Waals surface area contributed by atoms with Crippen molar-refractivity contribution >= 4 is 56.0 Å². The van der Waals surface area contributed by atoms with E-state index < -0.39 is 10.8 Å². The summed E-state index contributed by atoms with van der Waals surface area (Å²) in [6.07, 6.45) is 1.48.